The Bertz CT molecular complexity index is 346. The van der Waals surface area contributed by atoms with Crippen molar-refractivity contribution >= 4 is 0 Å². The molecule has 0 unspecified atom stereocenters. The maximum absolute atomic E-state index is 3.73. The van der Waals surface area contributed by atoms with Crippen molar-refractivity contribution in [2.24, 2.45) is 5.92 Å². The Labute approximate surface area is 117 Å². The molecule has 1 aliphatic rings. The van der Waals surface area contributed by atoms with Gasteiger partial charge in [0.15, 0.2) is 0 Å². The molecular weight excluding hydrogens is 234 g/mol. The molecule has 3 heteroatoms. The molecule has 0 amide bonds. The summed E-state index contributed by atoms with van der Waals surface area (Å²) >= 11 is 0. The maximum Gasteiger partial charge on any atom is 0.0355 e. The van der Waals surface area contributed by atoms with Crippen LogP contribution in [0.4, 0.5) is 0 Å². The molecule has 3 N–H and O–H groups in total. The van der Waals surface area contributed by atoms with Crippen LogP contribution in [0.5, 0.6) is 0 Å². The Kier molecular flexibility index (Phi) is 5.83. The minimum Gasteiger partial charge on any atom is -0.317 e. The molecule has 3 nitrogen and oxygen atoms in total. The fourth-order valence-corrected chi connectivity index (χ4v) is 2.94. The van der Waals surface area contributed by atoms with E-state index in [-0.39, 0.29) is 0 Å². The quantitative estimate of drug-likeness (QED) is 0.732. The average Bonchev–Trinajstić information content (AvgIpc) is 2.48. The van der Waals surface area contributed by atoms with Crippen molar-refractivity contribution in [2.75, 3.05) is 26.7 Å². The second-order valence-corrected chi connectivity index (χ2v) is 5.59. The Morgan fingerprint density at radius 2 is 1.89 bits per heavy atom. The lowest BCUT2D eigenvalue weighted by Gasteiger charge is -2.29. The van der Waals surface area contributed by atoms with E-state index in [9.17, 15) is 0 Å². The van der Waals surface area contributed by atoms with Crippen LogP contribution in [-0.4, -0.2) is 32.7 Å². The summed E-state index contributed by atoms with van der Waals surface area (Å²) in [5.74, 6) is 0.585. The van der Waals surface area contributed by atoms with Crippen molar-refractivity contribution < 1.29 is 0 Å². The summed E-state index contributed by atoms with van der Waals surface area (Å²) in [6, 6.07) is 11.9. The van der Waals surface area contributed by atoms with Gasteiger partial charge >= 0.3 is 0 Å². The lowest BCUT2D eigenvalue weighted by atomic mass is 9.94. The van der Waals surface area contributed by atoms with Gasteiger partial charge in [-0.05, 0) is 51.0 Å². The Morgan fingerprint density at radius 3 is 2.53 bits per heavy atom. The van der Waals surface area contributed by atoms with Crippen LogP contribution in [0.25, 0.3) is 0 Å². The highest BCUT2D eigenvalue weighted by Crippen LogP contribution is 2.21. The molecule has 1 heterocycles. The van der Waals surface area contributed by atoms with Crippen LogP contribution in [0.1, 0.15) is 31.4 Å². The smallest absolute Gasteiger partial charge is 0.0355 e. The number of benzene rings is 1. The third kappa shape index (κ3) is 4.30. The molecule has 0 bridgehead atoms. The van der Waals surface area contributed by atoms with Crippen molar-refractivity contribution in [1.82, 2.24) is 16.0 Å². The first-order valence-corrected chi connectivity index (χ1v) is 7.47. The van der Waals surface area contributed by atoms with Crippen LogP contribution < -0.4 is 16.0 Å². The van der Waals surface area contributed by atoms with E-state index >= 15 is 0 Å². The molecule has 0 radical (unpaired) electrons. The zero-order chi connectivity index (χ0) is 13.5. The normalized spacial score (nSPS) is 20.1. The molecule has 1 saturated heterocycles. The van der Waals surface area contributed by atoms with E-state index in [1.54, 1.807) is 0 Å². The number of nitrogens with one attached hydrogen (secondary N) is 3. The second kappa shape index (κ2) is 7.63. The Morgan fingerprint density at radius 1 is 1.21 bits per heavy atom. The van der Waals surface area contributed by atoms with Crippen molar-refractivity contribution in [3.63, 3.8) is 0 Å². The number of hydrogen-bond donors (Lipinski definition) is 3. The van der Waals surface area contributed by atoms with Crippen molar-refractivity contribution in [1.29, 1.82) is 0 Å². The number of hydrogen-bond acceptors (Lipinski definition) is 3. The monoisotopic (exact) mass is 261 g/mol. The average molecular weight is 261 g/mol. The third-order valence-corrected chi connectivity index (χ3v) is 4.11. The largest absolute Gasteiger partial charge is 0.317 e. The first-order chi connectivity index (χ1) is 9.31. The van der Waals surface area contributed by atoms with Gasteiger partial charge in [0.1, 0.15) is 0 Å². The topological polar surface area (TPSA) is 36.1 Å². The van der Waals surface area contributed by atoms with Crippen LogP contribution in [0.3, 0.4) is 0 Å². The van der Waals surface area contributed by atoms with Crippen LogP contribution in [0.15, 0.2) is 30.3 Å². The summed E-state index contributed by atoms with van der Waals surface area (Å²) in [5.41, 5.74) is 1.38. The molecule has 1 fully saturated rings. The first-order valence-electron chi connectivity index (χ1n) is 7.47. The highest BCUT2D eigenvalue weighted by atomic mass is 15.0. The summed E-state index contributed by atoms with van der Waals surface area (Å²) in [6.07, 6.45) is 2.50. The van der Waals surface area contributed by atoms with E-state index in [0.29, 0.717) is 18.0 Å². The summed E-state index contributed by atoms with van der Waals surface area (Å²) in [4.78, 5) is 0. The molecule has 19 heavy (non-hydrogen) atoms. The van der Waals surface area contributed by atoms with E-state index in [0.717, 1.165) is 19.6 Å². The second-order valence-electron chi connectivity index (χ2n) is 5.59. The molecule has 1 aliphatic heterocycles. The van der Waals surface area contributed by atoms with Crippen molar-refractivity contribution in [3.8, 4) is 0 Å². The Hall–Kier alpha value is -0.900. The third-order valence-electron chi connectivity index (χ3n) is 4.11. The van der Waals surface area contributed by atoms with Crippen molar-refractivity contribution in [3.05, 3.63) is 35.9 Å². The van der Waals surface area contributed by atoms with Gasteiger partial charge in [-0.3, -0.25) is 0 Å². The minimum absolute atomic E-state index is 0.426. The van der Waals surface area contributed by atoms with Crippen LogP contribution in [0.2, 0.25) is 0 Å². The molecule has 2 rings (SSSR count). The van der Waals surface area contributed by atoms with E-state index in [2.05, 4.69) is 60.3 Å². The molecular formula is C16H27N3. The fraction of sp³-hybridized carbons (Fsp3) is 0.625. The summed E-state index contributed by atoms with van der Waals surface area (Å²) < 4.78 is 0. The molecule has 0 aliphatic carbocycles. The van der Waals surface area contributed by atoms with Gasteiger partial charge in [0, 0.05) is 12.1 Å². The van der Waals surface area contributed by atoms with Crippen LogP contribution in [0, 0.1) is 5.92 Å². The first kappa shape index (κ1) is 14.5. The SMILES string of the molecule is CN[C@@H](c1ccccc1)[C@@H](C)CNC1CCNCC1. The lowest BCUT2D eigenvalue weighted by molar-refractivity contribution is 0.329. The van der Waals surface area contributed by atoms with E-state index < -0.39 is 0 Å². The lowest BCUT2D eigenvalue weighted by Crippen LogP contribution is -2.43. The Balaban J connectivity index is 1.84. The van der Waals surface area contributed by atoms with Crippen LogP contribution >= 0.6 is 0 Å². The predicted octanol–water partition coefficient (Wildman–Crippen LogP) is 1.92. The molecule has 106 valence electrons. The molecule has 2 atom stereocenters. The fourth-order valence-electron chi connectivity index (χ4n) is 2.94. The van der Waals surface area contributed by atoms with E-state index in [1.807, 2.05) is 0 Å². The molecule has 1 aromatic carbocycles. The highest BCUT2D eigenvalue weighted by Gasteiger charge is 2.19. The zero-order valence-electron chi connectivity index (χ0n) is 12.2. The van der Waals surface area contributed by atoms with Gasteiger partial charge in [-0.1, -0.05) is 37.3 Å². The van der Waals surface area contributed by atoms with Crippen molar-refractivity contribution in [2.45, 2.75) is 31.8 Å². The van der Waals surface area contributed by atoms with E-state index in [1.165, 1.54) is 18.4 Å². The van der Waals surface area contributed by atoms with Gasteiger partial charge in [-0.15, -0.1) is 0 Å². The molecule has 0 saturated carbocycles. The standard InChI is InChI=1S/C16H27N3/c1-13(12-19-15-8-10-18-11-9-15)16(17-2)14-6-4-3-5-7-14/h3-7,13,15-19H,8-12H2,1-2H3/t13-,16+/m0/s1. The molecule has 1 aromatic rings. The van der Waals surface area contributed by atoms with Crippen LogP contribution in [-0.2, 0) is 0 Å². The summed E-state index contributed by atoms with van der Waals surface area (Å²) in [7, 11) is 2.05. The molecule has 0 aromatic heterocycles. The molecule has 0 spiro atoms. The van der Waals surface area contributed by atoms with Gasteiger partial charge in [0.05, 0.1) is 0 Å². The summed E-state index contributed by atoms with van der Waals surface area (Å²) in [5, 5.41) is 10.6. The van der Waals surface area contributed by atoms with Gasteiger partial charge in [-0.25, -0.2) is 0 Å². The zero-order valence-corrected chi connectivity index (χ0v) is 12.2. The van der Waals surface area contributed by atoms with E-state index in [4.69, 9.17) is 0 Å². The number of piperidine rings is 1. The minimum atomic E-state index is 0.426. The summed E-state index contributed by atoms with van der Waals surface area (Å²) in [6.45, 7) is 5.70. The maximum atomic E-state index is 3.73. The highest BCUT2D eigenvalue weighted by molar-refractivity contribution is 5.19. The van der Waals surface area contributed by atoms with Gasteiger partial charge < -0.3 is 16.0 Å². The van der Waals surface area contributed by atoms with Gasteiger partial charge in [-0.2, -0.15) is 0 Å². The number of rotatable bonds is 6. The van der Waals surface area contributed by atoms with Gasteiger partial charge in [0.25, 0.3) is 0 Å². The predicted molar refractivity (Wildman–Crippen MR) is 81.3 cm³/mol. The van der Waals surface area contributed by atoms with Gasteiger partial charge in [0.2, 0.25) is 0 Å².